The van der Waals surface area contributed by atoms with E-state index < -0.39 is 0 Å². The van der Waals surface area contributed by atoms with Gasteiger partial charge in [0.15, 0.2) is 0 Å². The summed E-state index contributed by atoms with van der Waals surface area (Å²) in [5.74, 6) is 0.0553. The average Bonchev–Trinajstić information content (AvgIpc) is 3.06. The molecular formula is C13H24Cl2N4O2. The van der Waals surface area contributed by atoms with Crippen LogP contribution in [-0.2, 0) is 16.1 Å². The summed E-state index contributed by atoms with van der Waals surface area (Å²) in [4.78, 5) is 11.8. The number of nitrogens with zero attached hydrogens (tertiary/aromatic N) is 2. The molecule has 0 radical (unpaired) electrons. The monoisotopic (exact) mass is 338 g/mol. The third-order valence-electron chi connectivity index (χ3n) is 3.50. The van der Waals surface area contributed by atoms with Crippen LogP contribution in [0.1, 0.15) is 19.3 Å². The molecule has 0 saturated carbocycles. The van der Waals surface area contributed by atoms with Gasteiger partial charge in [-0.3, -0.25) is 9.48 Å². The SMILES string of the molecule is COCC1(CNC(=O)CCn2cccn2)CCCN1.Cl.Cl. The molecule has 1 aromatic rings. The van der Waals surface area contributed by atoms with E-state index in [9.17, 15) is 4.79 Å². The zero-order chi connectivity index (χ0) is 13.6. The minimum atomic E-state index is -0.0872. The number of carbonyl (C=O) groups excluding carboxylic acids is 1. The second-order valence-electron chi connectivity index (χ2n) is 5.04. The normalized spacial score (nSPS) is 20.4. The van der Waals surface area contributed by atoms with Crippen molar-refractivity contribution >= 4 is 30.7 Å². The predicted molar refractivity (Wildman–Crippen MR) is 86.2 cm³/mol. The summed E-state index contributed by atoms with van der Waals surface area (Å²) in [6, 6.07) is 1.86. The third kappa shape index (κ3) is 6.22. The number of methoxy groups -OCH3 is 1. The van der Waals surface area contributed by atoms with Gasteiger partial charge in [0, 0.05) is 39.0 Å². The van der Waals surface area contributed by atoms with Gasteiger partial charge in [-0.15, -0.1) is 24.8 Å². The van der Waals surface area contributed by atoms with Gasteiger partial charge in [-0.2, -0.15) is 5.10 Å². The number of nitrogens with one attached hydrogen (secondary N) is 2. The number of ether oxygens (including phenoxy) is 1. The number of rotatable bonds is 7. The molecule has 1 saturated heterocycles. The quantitative estimate of drug-likeness (QED) is 0.778. The molecule has 0 aromatic carbocycles. The Morgan fingerprint density at radius 1 is 1.52 bits per heavy atom. The zero-order valence-corrected chi connectivity index (χ0v) is 13.8. The highest BCUT2D eigenvalue weighted by atomic mass is 35.5. The molecule has 2 N–H and O–H groups in total. The maximum absolute atomic E-state index is 11.8. The summed E-state index contributed by atoms with van der Waals surface area (Å²) < 4.78 is 7.01. The first-order valence-corrected chi connectivity index (χ1v) is 6.72. The van der Waals surface area contributed by atoms with Crippen molar-refractivity contribution in [1.29, 1.82) is 0 Å². The van der Waals surface area contributed by atoms with E-state index >= 15 is 0 Å². The van der Waals surface area contributed by atoms with Crippen LogP contribution >= 0.6 is 24.8 Å². The molecule has 0 aliphatic carbocycles. The van der Waals surface area contributed by atoms with E-state index in [1.807, 2.05) is 12.3 Å². The predicted octanol–water partition coefficient (Wildman–Crippen LogP) is 1.00. The molecule has 0 spiro atoms. The molecule has 1 aromatic heterocycles. The number of hydrogen-bond acceptors (Lipinski definition) is 4. The van der Waals surface area contributed by atoms with Crippen LogP contribution in [0.15, 0.2) is 18.5 Å². The van der Waals surface area contributed by atoms with E-state index in [0.29, 0.717) is 26.1 Å². The molecule has 6 nitrogen and oxygen atoms in total. The largest absolute Gasteiger partial charge is 0.383 e. The summed E-state index contributed by atoms with van der Waals surface area (Å²) in [5.41, 5.74) is -0.0872. The van der Waals surface area contributed by atoms with Gasteiger partial charge in [-0.05, 0) is 25.5 Å². The number of carbonyl (C=O) groups is 1. The standard InChI is InChI=1S/C13H22N4O2.2ClH/c1-19-11-13(5-2-6-15-13)10-14-12(18)4-9-17-8-3-7-16-17;;/h3,7-8,15H,2,4-6,9-11H2,1H3,(H,14,18);2*1H. The van der Waals surface area contributed by atoms with Crippen LogP contribution in [0.5, 0.6) is 0 Å². The van der Waals surface area contributed by atoms with E-state index in [1.165, 1.54) is 0 Å². The van der Waals surface area contributed by atoms with Crippen molar-refractivity contribution in [2.75, 3.05) is 26.8 Å². The molecule has 8 heteroatoms. The minimum Gasteiger partial charge on any atom is -0.383 e. The summed E-state index contributed by atoms with van der Waals surface area (Å²) >= 11 is 0. The summed E-state index contributed by atoms with van der Waals surface area (Å²) in [7, 11) is 1.70. The summed E-state index contributed by atoms with van der Waals surface area (Å²) in [5, 5.41) is 10.5. The van der Waals surface area contributed by atoms with Gasteiger partial charge < -0.3 is 15.4 Å². The number of hydrogen-bond donors (Lipinski definition) is 2. The topological polar surface area (TPSA) is 68.2 Å². The molecule has 0 bridgehead atoms. The number of aryl methyl sites for hydroxylation is 1. The summed E-state index contributed by atoms with van der Waals surface area (Å²) in [6.07, 6.45) is 6.20. The van der Waals surface area contributed by atoms with E-state index in [1.54, 1.807) is 18.0 Å². The van der Waals surface area contributed by atoms with E-state index in [4.69, 9.17) is 4.74 Å². The Morgan fingerprint density at radius 2 is 2.33 bits per heavy atom. The first-order valence-electron chi connectivity index (χ1n) is 6.72. The van der Waals surface area contributed by atoms with Crippen molar-refractivity contribution in [2.45, 2.75) is 31.3 Å². The Bertz CT molecular complexity index is 395. The van der Waals surface area contributed by atoms with Gasteiger partial charge in [-0.1, -0.05) is 0 Å². The molecule has 1 fully saturated rings. The van der Waals surface area contributed by atoms with Crippen molar-refractivity contribution in [2.24, 2.45) is 0 Å². The second kappa shape index (κ2) is 10.00. The number of halogens is 2. The maximum atomic E-state index is 11.8. The van der Waals surface area contributed by atoms with Gasteiger partial charge in [0.2, 0.25) is 5.91 Å². The van der Waals surface area contributed by atoms with E-state index in [-0.39, 0.29) is 36.3 Å². The first kappa shape index (κ1) is 20.2. The summed E-state index contributed by atoms with van der Waals surface area (Å²) in [6.45, 7) is 2.86. The first-order chi connectivity index (χ1) is 9.24. The van der Waals surface area contributed by atoms with Crippen molar-refractivity contribution in [3.8, 4) is 0 Å². The van der Waals surface area contributed by atoms with Crippen molar-refractivity contribution in [1.82, 2.24) is 20.4 Å². The molecule has 21 heavy (non-hydrogen) atoms. The van der Waals surface area contributed by atoms with Crippen LogP contribution in [0.2, 0.25) is 0 Å². The number of aromatic nitrogens is 2. The van der Waals surface area contributed by atoms with Crippen LogP contribution < -0.4 is 10.6 Å². The molecule has 2 rings (SSSR count). The highest BCUT2D eigenvalue weighted by Gasteiger charge is 2.33. The maximum Gasteiger partial charge on any atom is 0.221 e. The average molecular weight is 339 g/mol. The molecular weight excluding hydrogens is 315 g/mol. The Morgan fingerprint density at radius 3 is 2.90 bits per heavy atom. The smallest absolute Gasteiger partial charge is 0.221 e. The fraction of sp³-hybridized carbons (Fsp3) is 0.692. The lowest BCUT2D eigenvalue weighted by Crippen LogP contribution is -2.53. The van der Waals surface area contributed by atoms with Gasteiger partial charge >= 0.3 is 0 Å². The number of amides is 1. The van der Waals surface area contributed by atoms with Crippen LogP contribution in [0.25, 0.3) is 0 Å². The highest BCUT2D eigenvalue weighted by molar-refractivity contribution is 5.85. The fourth-order valence-corrected chi connectivity index (χ4v) is 2.48. The Kier molecular flexibility index (Phi) is 9.61. The highest BCUT2D eigenvalue weighted by Crippen LogP contribution is 2.18. The minimum absolute atomic E-state index is 0. The second-order valence-corrected chi connectivity index (χ2v) is 5.04. The molecule has 1 aliphatic heterocycles. The molecule has 1 unspecified atom stereocenters. The van der Waals surface area contributed by atoms with Crippen molar-refractivity contribution in [3.63, 3.8) is 0 Å². The molecule has 1 amide bonds. The van der Waals surface area contributed by atoms with Gasteiger partial charge in [0.1, 0.15) is 0 Å². The third-order valence-corrected chi connectivity index (χ3v) is 3.50. The Labute approximate surface area is 137 Å². The van der Waals surface area contributed by atoms with Crippen molar-refractivity contribution < 1.29 is 9.53 Å². The molecule has 122 valence electrons. The van der Waals surface area contributed by atoms with Gasteiger partial charge in [0.05, 0.1) is 12.1 Å². The lowest BCUT2D eigenvalue weighted by atomic mass is 9.98. The molecule has 2 heterocycles. The Balaban J connectivity index is 0.00000200. The lowest BCUT2D eigenvalue weighted by molar-refractivity contribution is -0.121. The zero-order valence-electron chi connectivity index (χ0n) is 12.2. The van der Waals surface area contributed by atoms with Crippen LogP contribution in [0, 0.1) is 0 Å². The molecule has 1 atom stereocenters. The van der Waals surface area contributed by atoms with Crippen molar-refractivity contribution in [3.05, 3.63) is 18.5 Å². The van der Waals surface area contributed by atoms with E-state index in [0.717, 1.165) is 19.4 Å². The van der Waals surface area contributed by atoms with Crippen LogP contribution in [0.3, 0.4) is 0 Å². The van der Waals surface area contributed by atoms with Crippen LogP contribution in [-0.4, -0.2) is 48.0 Å². The van der Waals surface area contributed by atoms with Crippen LogP contribution in [0.4, 0.5) is 0 Å². The fourth-order valence-electron chi connectivity index (χ4n) is 2.48. The lowest BCUT2D eigenvalue weighted by Gasteiger charge is -2.28. The van der Waals surface area contributed by atoms with E-state index in [2.05, 4.69) is 15.7 Å². The molecule has 1 aliphatic rings. The van der Waals surface area contributed by atoms with Gasteiger partial charge in [0.25, 0.3) is 0 Å². The van der Waals surface area contributed by atoms with Gasteiger partial charge in [-0.25, -0.2) is 0 Å². The Hall–Kier alpha value is -0.820.